The molecule has 0 rings (SSSR count). The summed E-state index contributed by atoms with van der Waals surface area (Å²) in [5.74, 6) is -1.20. The minimum atomic E-state index is -1.18. The van der Waals surface area contributed by atoms with Crippen LogP contribution >= 0.6 is 0 Å². The maximum atomic E-state index is 12.1. The standard InChI is InChI=1S/C22H43NO4/c1-6-7-8-9-10-11-12-13-14-15-19(2)16-22(26)27-20(17-21(24)25)18-23(3,4)5/h19-20H,6-18H2,1-5H3. The molecule has 27 heavy (non-hydrogen) atoms. The zero-order valence-electron chi connectivity index (χ0n) is 18.4. The summed E-state index contributed by atoms with van der Waals surface area (Å²) in [5, 5.41) is 10.9. The first kappa shape index (κ1) is 25.9. The molecule has 5 heteroatoms. The van der Waals surface area contributed by atoms with Gasteiger partial charge in [-0.25, -0.2) is 0 Å². The molecule has 5 nitrogen and oxygen atoms in total. The van der Waals surface area contributed by atoms with E-state index in [0.717, 1.165) is 12.8 Å². The second kappa shape index (κ2) is 14.9. The van der Waals surface area contributed by atoms with Gasteiger partial charge in [-0.15, -0.1) is 0 Å². The molecule has 0 aliphatic rings. The van der Waals surface area contributed by atoms with Crippen LogP contribution in [0.15, 0.2) is 0 Å². The first-order valence-corrected chi connectivity index (χ1v) is 10.8. The van der Waals surface area contributed by atoms with Gasteiger partial charge in [0, 0.05) is 18.8 Å². The van der Waals surface area contributed by atoms with Gasteiger partial charge in [0.1, 0.15) is 6.54 Å². The molecule has 0 amide bonds. The molecule has 0 spiro atoms. The topological polar surface area (TPSA) is 66.4 Å². The molecule has 0 aliphatic heterocycles. The van der Waals surface area contributed by atoms with Crippen molar-refractivity contribution in [2.75, 3.05) is 27.7 Å². The quantitative estimate of drug-likeness (QED) is 0.218. The summed E-state index contributed by atoms with van der Waals surface area (Å²) in [6.45, 7) is 4.77. The van der Waals surface area contributed by atoms with Gasteiger partial charge in [-0.2, -0.15) is 0 Å². The van der Waals surface area contributed by atoms with Gasteiger partial charge in [0.25, 0.3) is 0 Å². The molecule has 2 atom stereocenters. The third-order valence-electron chi connectivity index (χ3n) is 4.76. The highest BCUT2D eigenvalue weighted by Gasteiger charge is 2.23. The zero-order chi connectivity index (χ0) is 20.7. The summed E-state index contributed by atoms with van der Waals surface area (Å²) in [6, 6.07) is 0. The Morgan fingerprint density at radius 2 is 1.41 bits per heavy atom. The zero-order valence-corrected chi connectivity index (χ0v) is 18.4. The highest BCUT2D eigenvalue weighted by atomic mass is 16.5. The summed E-state index contributed by atoms with van der Waals surface area (Å²) in [6.07, 6.45) is 12.2. The van der Waals surface area contributed by atoms with Crippen LogP contribution < -0.4 is 5.11 Å². The maximum absolute atomic E-state index is 12.1. The van der Waals surface area contributed by atoms with E-state index in [1.807, 2.05) is 21.1 Å². The molecular weight excluding hydrogens is 342 g/mol. The molecule has 0 bridgehead atoms. The summed E-state index contributed by atoms with van der Waals surface area (Å²) >= 11 is 0. The molecule has 0 saturated carbocycles. The molecule has 0 heterocycles. The predicted molar refractivity (Wildman–Crippen MR) is 108 cm³/mol. The van der Waals surface area contributed by atoms with Crippen LogP contribution in [0.1, 0.15) is 90.9 Å². The van der Waals surface area contributed by atoms with Crippen LogP contribution in [-0.2, 0) is 14.3 Å². The van der Waals surface area contributed by atoms with Gasteiger partial charge >= 0.3 is 5.97 Å². The number of carbonyl (C=O) groups is 2. The Hall–Kier alpha value is -1.10. The SMILES string of the molecule is CCCCCCCCCCCC(C)CC(=O)OC(CC(=O)[O-])C[N+](C)(C)C. The molecule has 0 saturated heterocycles. The number of carboxylic acid groups (broad SMARTS) is 1. The van der Waals surface area contributed by atoms with E-state index in [0.29, 0.717) is 17.4 Å². The molecule has 0 radical (unpaired) electrons. The van der Waals surface area contributed by atoms with Crippen molar-refractivity contribution in [1.82, 2.24) is 0 Å². The third kappa shape index (κ3) is 18.0. The number of quaternary nitrogens is 1. The third-order valence-corrected chi connectivity index (χ3v) is 4.76. The van der Waals surface area contributed by atoms with Crippen molar-refractivity contribution in [3.63, 3.8) is 0 Å². The number of unbranched alkanes of at least 4 members (excludes halogenated alkanes) is 8. The first-order chi connectivity index (χ1) is 12.6. The second-order valence-corrected chi connectivity index (χ2v) is 9.09. The highest BCUT2D eigenvalue weighted by Crippen LogP contribution is 2.17. The molecule has 0 aromatic rings. The number of ether oxygens (including phenoxy) is 1. The Morgan fingerprint density at radius 1 is 0.889 bits per heavy atom. The first-order valence-electron chi connectivity index (χ1n) is 10.8. The Labute approximate surface area is 167 Å². The van der Waals surface area contributed by atoms with Gasteiger partial charge in [0.15, 0.2) is 6.10 Å². The summed E-state index contributed by atoms with van der Waals surface area (Å²) in [4.78, 5) is 23.0. The number of carbonyl (C=O) groups excluding carboxylic acids is 2. The number of rotatable bonds is 17. The van der Waals surface area contributed by atoms with Crippen molar-refractivity contribution in [2.24, 2.45) is 5.92 Å². The number of esters is 1. The smallest absolute Gasteiger partial charge is 0.306 e. The van der Waals surface area contributed by atoms with Crippen LogP contribution in [0.2, 0.25) is 0 Å². The molecular formula is C22H43NO4. The molecule has 0 N–H and O–H groups in total. The van der Waals surface area contributed by atoms with E-state index in [1.165, 1.54) is 51.4 Å². The normalized spacial score (nSPS) is 14.0. The van der Waals surface area contributed by atoms with E-state index in [-0.39, 0.29) is 18.3 Å². The fraction of sp³-hybridized carbons (Fsp3) is 0.909. The fourth-order valence-corrected chi connectivity index (χ4v) is 3.36. The number of hydrogen-bond acceptors (Lipinski definition) is 4. The lowest BCUT2D eigenvalue weighted by molar-refractivity contribution is -0.873. The fourth-order valence-electron chi connectivity index (χ4n) is 3.36. The van der Waals surface area contributed by atoms with Crippen molar-refractivity contribution >= 4 is 11.9 Å². The number of likely N-dealkylation sites (N-methyl/N-ethyl adjacent to an activating group) is 1. The summed E-state index contributed by atoms with van der Waals surface area (Å²) in [7, 11) is 5.84. The Bertz CT molecular complexity index is 404. The number of aliphatic carboxylic acids is 1. The van der Waals surface area contributed by atoms with Gasteiger partial charge < -0.3 is 19.1 Å². The lowest BCUT2D eigenvalue weighted by Crippen LogP contribution is -2.45. The average molecular weight is 386 g/mol. The van der Waals surface area contributed by atoms with E-state index >= 15 is 0 Å². The second-order valence-electron chi connectivity index (χ2n) is 9.09. The van der Waals surface area contributed by atoms with Crippen molar-refractivity contribution < 1.29 is 23.9 Å². The predicted octanol–water partition coefficient (Wildman–Crippen LogP) is 3.69. The van der Waals surface area contributed by atoms with Crippen LogP contribution in [0, 0.1) is 5.92 Å². The average Bonchev–Trinajstić information content (AvgIpc) is 2.50. The Kier molecular flexibility index (Phi) is 14.3. The molecule has 2 unspecified atom stereocenters. The van der Waals surface area contributed by atoms with Gasteiger partial charge in [0.05, 0.1) is 21.1 Å². The van der Waals surface area contributed by atoms with E-state index in [9.17, 15) is 14.7 Å². The van der Waals surface area contributed by atoms with E-state index in [4.69, 9.17) is 4.74 Å². The minimum Gasteiger partial charge on any atom is -0.550 e. The molecule has 0 aromatic carbocycles. The molecule has 0 aliphatic carbocycles. The van der Waals surface area contributed by atoms with Gasteiger partial charge in [-0.1, -0.05) is 78.1 Å². The summed E-state index contributed by atoms with van der Waals surface area (Å²) < 4.78 is 5.97. The van der Waals surface area contributed by atoms with Gasteiger partial charge in [-0.05, 0) is 5.92 Å². The molecule has 0 fully saturated rings. The highest BCUT2D eigenvalue weighted by molar-refractivity contribution is 5.71. The van der Waals surface area contributed by atoms with Crippen molar-refractivity contribution in [3.8, 4) is 0 Å². The van der Waals surface area contributed by atoms with Crippen LogP contribution in [0.3, 0.4) is 0 Å². The lowest BCUT2D eigenvalue weighted by atomic mass is 9.99. The maximum Gasteiger partial charge on any atom is 0.306 e. The van der Waals surface area contributed by atoms with Gasteiger partial charge in [-0.3, -0.25) is 4.79 Å². The largest absolute Gasteiger partial charge is 0.550 e. The Morgan fingerprint density at radius 3 is 1.89 bits per heavy atom. The van der Waals surface area contributed by atoms with Crippen molar-refractivity contribution in [2.45, 2.75) is 97.0 Å². The molecule has 160 valence electrons. The Balaban J connectivity index is 3.93. The van der Waals surface area contributed by atoms with Crippen molar-refractivity contribution in [3.05, 3.63) is 0 Å². The van der Waals surface area contributed by atoms with E-state index < -0.39 is 12.1 Å². The van der Waals surface area contributed by atoms with Crippen LogP contribution in [0.5, 0.6) is 0 Å². The van der Waals surface area contributed by atoms with Crippen LogP contribution in [0.25, 0.3) is 0 Å². The monoisotopic (exact) mass is 385 g/mol. The lowest BCUT2D eigenvalue weighted by Gasteiger charge is -2.29. The van der Waals surface area contributed by atoms with E-state index in [1.54, 1.807) is 0 Å². The number of nitrogens with zero attached hydrogens (tertiary/aromatic N) is 1. The van der Waals surface area contributed by atoms with Crippen molar-refractivity contribution in [1.29, 1.82) is 0 Å². The number of hydrogen-bond donors (Lipinski definition) is 0. The summed E-state index contributed by atoms with van der Waals surface area (Å²) in [5.41, 5.74) is 0. The molecule has 0 aromatic heterocycles. The number of carboxylic acids is 1. The van der Waals surface area contributed by atoms with Crippen LogP contribution in [0.4, 0.5) is 0 Å². The van der Waals surface area contributed by atoms with E-state index in [2.05, 4.69) is 13.8 Å². The van der Waals surface area contributed by atoms with Crippen LogP contribution in [-0.4, -0.2) is 50.2 Å². The minimum absolute atomic E-state index is 0.242. The van der Waals surface area contributed by atoms with Gasteiger partial charge in [0.2, 0.25) is 0 Å².